The number of fused-ring (bicyclic) bond motifs is 2. The number of aliphatic hydroxyl groups is 1. The molecule has 4 heterocycles. The Balaban J connectivity index is 1.39. The average molecular weight is 398 g/mol. The maximum Gasteiger partial charge on any atom is 0.296 e. The molecular formula is C20H16ClN3O4. The molecule has 2 N–H and O–H groups in total. The molecule has 142 valence electrons. The number of ether oxygens (including phenoxy) is 3. The summed E-state index contributed by atoms with van der Waals surface area (Å²) in [6.45, 7) is 0.571. The second kappa shape index (κ2) is 7.08. The Morgan fingerprint density at radius 3 is 2.79 bits per heavy atom. The van der Waals surface area contributed by atoms with Gasteiger partial charge in [-0.2, -0.15) is 4.98 Å². The lowest BCUT2D eigenvalue weighted by Gasteiger charge is -2.15. The number of hydrogen-bond acceptors (Lipinski definition) is 6. The summed E-state index contributed by atoms with van der Waals surface area (Å²) in [5.74, 6) is 6.02. The van der Waals surface area contributed by atoms with Crippen molar-refractivity contribution in [2.24, 2.45) is 0 Å². The summed E-state index contributed by atoms with van der Waals surface area (Å²) in [4.78, 5) is 11.9. The van der Waals surface area contributed by atoms with Crippen molar-refractivity contribution in [3.63, 3.8) is 0 Å². The van der Waals surface area contributed by atoms with E-state index in [0.717, 1.165) is 5.56 Å². The lowest BCUT2D eigenvalue weighted by atomic mass is 10.1. The number of benzene rings is 1. The summed E-state index contributed by atoms with van der Waals surface area (Å²) in [5.41, 5.74) is 2.43. The number of pyridine rings is 1. The second-order valence-corrected chi connectivity index (χ2v) is 7.07. The minimum atomic E-state index is -0.625. The molecule has 0 saturated carbocycles. The fourth-order valence-electron chi connectivity index (χ4n) is 3.38. The zero-order chi connectivity index (χ0) is 19.1. The molecule has 8 heteroatoms. The first-order valence-electron chi connectivity index (χ1n) is 8.88. The van der Waals surface area contributed by atoms with Gasteiger partial charge < -0.3 is 24.3 Å². The number of aromatic nitrogens is 3. The van der Waals surface area contributed by atoms with Crippen LogP contribution in [-0.2, 0) is 9.47 Å². The van der Waals surface area contributed by atoms with Crippen LogP contribution in [0.25, 0.3) is 11.2 Å². The van der Waals surface area contributed by atoms with E-state index in [1.165, 1.54) is 0 Å². The molecule has 2 aromatic heterocycles. The lowest BCUT2D eigenvalue weighted by molar-refractivity contribution is 0.00706. The molecule has 4 atom stereocenters. The SMILES string of the molecule is O[C@@H]1CO[C@H]2[C@@H]1OC[C@H]2Oc1nc2nc(C#Cc3ccccc3)c(Cl)cc2[nH]1. The molecular weight excluding hydrogens is 382 g/mol. The summed E-state index contributed by atoms with van der Waals surface area (Å²) >= 11 is 6.32. The topological polar surface area (TPSA) is 89.5 Å². The number of aromatic amines is 1. The molecule has 0 unspecified atom stereocenters. The Kier molecular flexibility index (Phi) is 4.41. The molecule has 1 aromatic carbocycles. The van der Waals surface area contributed by atoms with Crippen molar-refractivity contribution in [1.82, 2.24) is 15.0 Å². The van der Waals surface area contributed by atoms with Crippen molar-refractivity contribution in [3.8, 4) is 17.9 Å². The van der Waals surface area contributed by atoms with E-state index in [2.05, 4.69) is 26.8 Å². The standard InChI is InChI=1S/C20H16ClN3O4/c21-12-8-14-19(22-13(12)7-6-11-4-2-1-3-5-11)24-20(23-14)28-16-10-27-17-15(25)9-26-18(16)17/h1-5,8,15-18,25H,9-10H2,(H,22,23,24)/t15-,16-,17-,18-/m1/s1. The Hall–Kier alpha value is -2.63. The van der Waals surface area contributed by atoms with Gasteiger partial charge in [-0.15, -0.1) is 0 Å². The van der Waals surface area contributed by atoms with E-state index in [1.807, 2.05) is 30.3 Å². The number of H-pyrrole nitrogens is 1. The zero-order valence-electron chi connectivity index (χ0n) is 14.6. The van der Waals surface area contributed by atoms with Crippen LogP contribution in [-0.4, -0.2) is 57.7 Å². The van der Waals surface area contributed by atoms with Crippen LogP contribution >= 0.6 is 11.6 Å². The van der Waals surface area contributed by atoms with Gasteiger partial charge in [-0.25, -0.2) is 4.98 Å². The molecule has 2 saturated heterocycles. The summed E-state index contributed by atoms with van der Waals surface area (Å²) in [6.07, 6.45) is -1.65. The third kappa shape index (κ3) is 3.21. The Morgan fingerprint density at radius 2 is 1.93 bits per heavy atom. The fraction of sp³-hybridized carbons (Fsp3) is 0.300. The van der Waals surface area contributed by atoms with E-state index >= 15 is 0 Å². The third-order valence-electron chi connectivity index (χ3n) is 4.75. The predicted octanol–water partition coefficient (Wildman–Crippen LogP) is 1.92. The zero-order valence-corrected chi connectivity index (χ0v) is 15.4. The molecule has 0 aliphatic carbocycles. The Labute approximate surface area is 165 Å². The first-order chi connectivity index (χ1) is 13.7. The van der Waals surface area contributed by atoms with Gasteiger partial charge in [-0.05, 0) is 24.1 Å². The number of rotatable bonds is 2. The molecule has 28 heavy (non-hydrogen) atoms. The number of imidazole rings is 1. The van der Waals surface area contributed by atoms with E-state index < -0.39 is 6.10 Å². The highest BCUT2D eigenvalue weighted by Gasteiger charge is 2.48. The molecule has 2 aliphatic heterocycles. The number of hydrogen-bond donors (Lipinski definition) is 2. The molecule has 5 rings (SSSR count). The van der Waals surface area contributed by atoms with Crippen molar-refractivity contribution in [1.29, 1.82) is 0 Å². The van der Waals surface area contributed by atoms with Crippen molar-refractivity contribution >= 4 is 22.8 Å². The van der Waals surface area contributed by atoms with Gasteiger partial charge in [0.2, 0.25) is 0 Å². The monoisotopic (exact) mass is 397 g/mol. The first-order valence-corrected chi connectivity index (χ1v) is 9.26. The minimum Gasteiger partial charge on any atom is -0.456 e. The number of nitrogens with zero attached hydrogens (tertiary/aromatic N) is 2. The summed E-state index contributed by atoms with van der Waals surface area (Å²) in [5, 5.41) is 10.3. The first kappa shape index (κ1) is 17.5. The largest absolute Gasteiger partial charge is 0.456 e. The molecule has 0 radical (unpaired) electrons. The number of nitrogens with one attached hydrogen (secondary N) is 1. The molecule has 2 aliphatic rings. The van der Waals surface area contributed by atoms with Gasteiger partial charge in [-0.1, -0.05) is 35.7 Å². The molecule has 0 bridgehead atoms. The average Bonchev–Trinajstić information content (AvgIpc) is 3.38. The van der Waals surface area contributed by atoms with Crippen molar-refractivity contribution in [3.05, 3.63) is 52.7 Å². The fourth-order valence-corrected chi connectivity index (χ4v) is 3.58. The highest BCUT2D eigenvalue weighted by atomic mass is 35.5. The van der Waals surface area contributed by atoms with E-state index in [1.54, 1.807) is 6.07 Å². The van der Waals surface area contributed by atoms with Crippen LogP contribution in [0.15, 0.2) is 36.4 Å². The van der Waals surface area contributed by atoms with E-state index in [4.69, 9.17) is 25.8 Å². The van der Waals surface area contributed by atoms with Crippen LogP contribution in [0.4, 0.5) is 0 Å². The van der Waals surface area contributed by atoms with Crippen LogP contribution in [0.2, 0.25) is 5.02 Å². The van der Waals surface area contributed by atoms with Gasteiger partial charge in [0.05, 0.1) is 23.8 Å². The molecule has 3 aromatic rings. The second-order valence-electron chi connectivity index (χ2n) is 6.67. The summed E-state index contributed by atoms with van der Waals surface area (Å²) in [7, 11) is 0. The minimum absolute atomic E-state index is 0.246. The quantitative estimate of drug-likeness (QED) is 0.642. The lowest BCUT2D eigenvalue weighted by Crippen LogP contribution is -2.34. The van der Waals surface area contributed by atoms with Gasteiger partial charge >= 0.3 is 0 Å². The number of aliphatic hydroxyl groups excluding tert-OH is 1. The third-order valence-corrected chi connectivity index (χ3v) is 5.04. The number of halogens is 1. The molecule has 0 spiro atoms. The molecule has 0 amide bonds. The normalized spacial score (nSPS) is 26.1. The highest BCUT2D eigenvalue weighted by Crippen LogP contribution is 2.30. The van der Waals surface area contributed by atoms with Gasteiger partial charge in [0.25, 0.3) is 6.01 Å². The summed E-state index contributed by atoms with van der Waals surface area (Å²) < 4.78 is 17.0. The van der Waals surface area contributed by atoms with Crippen LogP contribution in [0, 0.1) is 11.8 Å². The van der Waals surface area contributed by atoms with Gasteiger partial charge in [-0.3, -0.25) is 0 Å². The van der Waals surface area contributed by atoms with Crippen molar-refractivity contribution < 1.29 is 19.3 Å². The Bertz CT molecular complexity index is 1080. The molecule has 2 fully saturated rings. The van der Waals surface area contributed by atoms with Crippen LogP contribution in [0.3, 0.4) is 0 Å². The summed E-state index contributed by atoms with van der Waals surface area (Å²) in [6, 6.07) is 11.6. The van der Waals surface area contributed by atoms with Crippen LogP contribution in [0.5, 0.6) is 6.01 Å². The van der Waals surface area contributed by atoms with Crippen molar-refractivity contribution in [2.75, 3.05) is 13.2 Å². The predicted molar refractivity (Wildman–Crippen MR) is 101 cm³/mol. The van der Waals surface area contributed by atoms with Gasteiger partial charge in [0, 0.05) is 5.56 Å². The van der Waals surface area contributed by atoms with Crippen LogP contribution in [0.1, 0.15) is 11.3 Å². The van der Waals surface area contributed by atoms with E-state index in [0.29, 0.717) is 34.5 Å². The smallest absolute Gasteiger partial charge is 0.296 e. The van der Waals surface area contributed by atoms with Crippen LogP contribution < -0.4 is 4.74 Å². The van der Waals surface area contributed by atoms with E-state index in [9.17, 15) is 5.11 Å². The maximum atomic E-state index is 9.82. The maximum absolute atomic E-state index is 9.82. The van der Waals surface area contributed by atoms with E-state index in [-0.39, 0.29) is 24.9 Å². The van der Waals surface area contributed by atoms with Gasteiger partial charge in [0.15, 0.2) is 11.8 Å². The molecule has 7 nitrogen and oxygen atoms in total. The van der Waals surface area contributed by atoms with Gasteiger partial charge in [0.1, 0.15) is 24.0 Å². The highest BCUT2D eigenvalue weighted by molar-refractivity contribution is 6.32. The van der Waals surface area contributed by atoms with Crippen molar-refractivity contribution in [2.45, 2.75) is 24.4 Å². The Morgan fingerprint density at radius 1 is 1.11 bits per heavy atom.